The van der Waals surface area contributed by atoms with Crippen molar-refractivity contribution in [2.45, 2.75) is 36.8 Å². The fraction of sp³-hybridized carbons (Fsp3) is 0.312. The van der Waals surface area contributed by atoms with Crippen molar-refractivity contribution < 1.29 is 8.42 Å². The Morgan fingerprint density at radius 1 is 1.10 bits per heavy atom. The van der Waals surface area contributed by atoms with Crippen molar-refractivity contribution in [3.63, 3.8) is 0 Å². The smallest absolute Gasteiger partial charge is 0.184 e. The maximum absolute atomic E-state index is 12.4. The Kier molecular flexibility index (Phi) is 4.05. The zero-order chi connectivity index (χ0) is 15.7. The second kappa shape index (κ2) is 5.48. The van der Waals surface area contributed by atoms with E-state index < -0.39 is 9.84 Å². The normalized spacial score (nSPS) is 12.3. The highest BCUT2D eigenvalue weighted by molar-refractivity contribution is 7.90. The van der Waals surface area contributed by atoms with Crippen molar-refractivity contribution in [2.24, 2.45) is 0 Å². The van der Waals surface area contributed by atoms with E-state index >= 15 is 0 Å². The van der Waals surface area contributed by atoms with E-state index in [0.29, 0.717) is 0 Å². The minimum atomic E-state index is -3.46. The number of pyridine rings is 1. The lowest BCUT2D eigenvalue weighted by Gasteiger charge is -2.19. The number of hydrogen-bond acceptors (Lipinski definition) is 4. The summed E-state index contributed by atoms with van der Waals surface area (Å²) in [6.45, 7) is 6.36. The van der Waals surface area contributed by atoms with Gasteiger partial charge in [0.25, 0.3) is 0 Å². The Morgan fingerprint density at radius 2 is 1.71 bits per heavy atom. The van der Waals surface area contributed by atoms with Crippen LogP contribution in [-0.4, -0.2) is 13.4 Å². The Balaban J connectivity index is 2.28. The first-order valence-corrected chi connectivity index (χ1v) is 8.37. The van der Waals surface area contributed by atoms with Gasteiger partial charge in [-0.1, -0.05) is 45.0 Å². The maximum Gasteiger partial charge on any atom is 0.184 e. The molecular formula is C16H20N2O2S. The van der Waals surface area contributed by atoms with Crippen LogP contribution >= 0.6 is 0 Å². The Hall–Kier alpha value is -1.88. The van der Waals surface area contributed by atoms with E-state index in [-0.39, 0.29) is 21.8 Å². The van der Waals surface area contributed by atoms with Crippen LogP contribution in [0.1, 0.15) is 31.9 Å². The van der Waals surface area contributed by atoms with Crippen molar-refractivity contribution in [2.75, 3.05) is 5.73 Å². The molecule has 5 heteroatoms. The van der Waals surface area contributed by atoms with Gasteiger partial charge in [0.2, 0.25) is 0 Å². The summed E-state index contributed by atoms with van der Waals surface area (Å²) >= 11 is 0. The lowest BCUT2D eigenvalue weighted by atomic mass is 9.87. The van der Waals surface area contributed by atoms with Crippen LogP contribution in [0.15, 0.2) is 47.6 Å². The molecule has 0 spiro atoms. The molecule has 112 valence electrons. The number of hydrogen-bond donors (Lipinski definition) is 1. The summed E-state index contributed by atoms with van der Waals surface area (Å²) in [5.74, 6) is -0.0639. The fourth-order valence-corrected chi connectivity index (χ4v) is 3.54. The van der Waals surface area contributed by atoms with Gasteiger partial charge in [0.15, 0.2) is 9.84 Å². The van der Waals surface area contributed by atoms with Crippen LogP contribution in [0.2, 0.25) is 0 Å². The lowest BCUT2D eigenvalue weighted by Crippen LogP contribution is -2.11. The molecule has 0 saturated heterocycles. The van der Waals surface area contributed by atoms with Gasteiger partial charge in [-0.15, -0.1) is 0 Å². The van der Waals surface area contributed by atoms with E-state index in [9.17, 15) is 8.42 Å². The fourth-order valence-electron chi connectivity index (χ4n) is 2.08. The van der Waals surface area contributed by atoms with Gasteiger partial charge >= 0.3 is 0 Å². The number of anilines is 1. The third-order valence-corrected chi connectivity index (χ3v) is 5.08. The van der Waals surface area contributed by atoms with Gasteiger partial charge in [0.1, 0.15) is 0 Å². The number of rotatable bonds is 3. The molecule has 0 aliphatic carbocycles. The average Bonchev–Trinajstić information content (AvgIpc) is 2.38. The van der Waals surface area contributed by atoms with Crippen molar-refractivity contribution in [1.82, 2.24) is 4.98 Å². The van der Waals surface area contributed by atoms with E-state index in [1.807, 2.05) is 24.3 Å². The molecule has 0 aliphatic rings. The first kappa shape index (κ1) is 15.5. The molecule has 1 aromatic heterocycles. The number of nitrogens with two attached hydrogens (primary N) is 1. The minimum Gasteiger partial charge on any atom is -0.396 e. The molecule has 21 heavy (non-hydrogen) atoms. The van der Waals surface area contributed by atoms with E-state index in [4.69, 9.17) is 5.73 Å². The largest absolute Gasteiger partial charge is 0.396 e. The van der Waals surface area contributed by atoms with Crippen molar-refractivity contribution >= 4 is 15.5 Å². The SMILES string of the molecule is CC(C)(C)c1ccc(CS(=O)(=O)c2ccncc2N)cc1. The zero-order valence-electron chi connectivity index (χ0n) is 12.5. The molecule has 0 radical (unpaired) electrons. The third-order valence-electron chi connectivity index (χ3n) is 3.32. The summed E-state index contributed by atoms with van der Waals surface area (Å²) in [5.41, 5.74) is 7.85. The second-order valence-electron chi connectivity index (χ2n) is 6.12. The Bertz CT molecular complexity index is 730. The molecule has 0 amide bonds. The summed E-state index contributed by atoms with van der Waals surface area (Å²) < 4.78 is 24.8. The van der Waals surface area contributed by atoms with E-state index in [1.54, 1.807) is 0 Å². The first-order chi connectivity index (χ1) is 9.70. The predicted molar refractivity (Wildman–Crippen MR) is 84.7 cm³/mol. The van der Waals surface area contributed by atoms with Crippen LogP contribution in [0.4, 0.5) is 5.69 Å². The molecule has 0 atom stereocenters. The van der Waals surface area contributed by atoms with Crippen molar-refractivity contribution in [3.8, 4) is 0 Å². The zero-order valence-corrected chi connectivity index (χ0v) is 13.3. The van der Waals surface area contributed by atoms with E-state index in [1.165, 1.54) is 24.0 Å². The number of nitrogen functional groups attached to an aromatic ring is 1. The number of sulfone groups is 1. The van der Waals surface area contributed by atoms with Crippen LogP contribution in [0.25, 0.3) is 0 Å². The molecular weight excluding hydrogens is 284 g/mol. The van der Waals surface area contributed by atoms with Crippen LogP contribution in [0, 0.1) is 0 Å². The summed E-state index contributed by atoms with van der Waals surface area (Å²) in [5, 5.41) is 0. The van der Waals surface area contributed by atoms with Gasteiger partial charge in [-0.2, -0.15) is 0 Å². The number of benzene rings is 1. The highest BCUT2D eigenvalue weighted by atomic mass is 32.2. The van der Waals surface area contributed by atoms with Gasteiger partial charge in [-0.3, -0.25) is 4.98 Å². The van der Waals surface area contributed by atoms with Crippen LogP contribution < -0.4 is 5.73 Å². The van der Waals surface area contributed by atoms with Gasteiger partial charge in [0.05, 0.1) is 22.5 Å². The molecule has 0 fully saturated rings. The second-order valence-corrected chi connectivity index (χ2v) is 8.08. The van der Waals surface area contributed by atoms with Gasteiger partial charge in [-0.05, 0) is 22.6 Å². The molecule has 2 aromatic rings. The standard InChI is InChI=1S/C16H20N2O2S/c1-16(2,3)13-6-4-12(5-7-13)11-21(19,20)15-8-9-18-10-14(15)17/h4-10H,11,17H2,1-3H3. The molecule has 0 unspecified atom stereocenters. The monoisotopic (exact) mass is 304 g/mol. The summed E-state index contributed by atoms with van der Waals surface area (Å²) in [7, 11) is -3.46. The molecule has 4 nitrogen and oxygen atoms in total. The highest BCUT2D eigenvalue weighted by Crippen LogP contribution is 2.25. The first-order valence-electron chi connectivity index (χ1n) is 6.72. The van der Waals surface area contributed by atoms with Crippen LogP contribution in [0.5, 0.6) is 0 Å². The number of nitrogens with zero attached hydrogens (tertiary/aromatic N) is 1. The third kappa shape index (κ3) is 3.61. The highest BCUT2D eigenvalue weighted by Gasteiger charge is 2.19. The molecule has 2 N–H and O–H groups in total. The quantitative estimate of drug-likeness (QED) is 0.946. The van der Waals surface area contributed by atoms with E-state index in [0.717, 1.165) is 5.56 Å². The van der Waals surface area contributed by atoms with E-state index in [2.05, 4.69) is 25.8 Å². The van der Waals surface area contributed by atoms with Crippen LogP contribution in [-0.2, 0) is 21.0 Å². The topological polar surface area (TPSA) is 73.0 Å². The molecule has 0 aliphatic heterocycles. The summed E-state index contributed by atoms with van der Waals surface area (Å²) in [6.07, 6.45) is 2.79. The average molecular weight is 304 g/mol. The summed E-state index contributed by atoms with van der Waals surface area (Å²) in [6, 6.07) is 9.10. The Morgan fingerprint density at radius 3 is 2.24 bits per heavy atom. The maximum atomic E-state index is 12.4. The van der Waals surface area contributed by atoms with Crippen molar-refractivity contribution in [1.29, 1.82) is 0 Å². The summed E-state index contributed by atoms with van der Waals surface area (Å²) in [4.78, 5) is 3.95. The molecule has 1 aromatic carbocycles. The van der Waals surface area contributed by atoms with Gasteiger partial charge in [0, 0.05) is 6.20 Å². The van der Waals surface area contributed by atoms with Crippen molar-refractivity contribution in [3.05, 3.63) is 53.9 Å². The molecule has 2 rings (SSSR count). The van der Waals surface area contributed by atoms with Crippen LogP contribution in [0.3, 0.4) is 0 Å². The molecule has 1 heterocycles. The predicted octanol–water partition coefficient (Wildman–Crippen LogP) is 2.94. The molecule has 0 bridgehead atoms. The minimum absolute atomic E-state index is 0.0485. The number of aromatic nitrogens is 1. The van der Waals surface area contributed by atoms with Gasteiger partial charge < -0.3 is 5.73 Å². The Labute approximate surface area is 125 Å². The lowest BCUT2D eigenvalue weighted by molar-refractivity contribution is 0.589. The molecule has 0 saturated carbocycles. The van der Waals surface area contributed by atoms with Gasteiger partial charge in [-0.25, -0.2) is 8.42 Å².